The van der Waals surface area contributed by atoms with Crippen LogP contribution in [0.4, 0.5) is 5.69 Å². The molecule has 1 aliphatic rings. The summed E-state index contributed by atoms with van der Waals surface area (Å²) in [6, 6.07) is 7.57. The van der Waals surface area contributed by atoms with Gasteiger partial charge in [0.15, 0.2) is 5.82 Å². The van der Waals surface area contributed by atoms with Gasteiger partial charge in [0.2, 0.25) is 0 Å². The number of nitrogens with zero attached hydrogens (tertiary/aromatic N) is 2. The number of carbonyl (C=O) groups excluding carboxylic acids is 2. The Balaban J connectivity index is 1.88. The van der Waals surface area contributed by atoms with Crippen LogP contribution in [0, 0.1) is 6.92 Å². The summed E-state index contributed by atoms with van der Waals surface area (Å²) in [6.07, 6.45) is 4.33. The number of nitrogens with one attached hydrogen (secondary N) is 2. The van der Waals surface area contributed by atoms with Crippen molar-refractivity contribution in [3.05, 3.63) is 59.7 Å². The largest absolute Gasteiger partial charge is 0.347 e. The van der Waals surface area contributed by atoms with Crippen LogP contribution >= 0.6 is 0 Å². The van der Waals surface area contributed by atoms with Gasteiger partial charge in [-0.05, 0) is 38.3 Å². The van der Waals surface area contributed by atoms with Crippen molar-refractivity contribution in [2.24, 2.45) is 0 Å². The third-order valence-electron chi connectivity index (χ3n) is 4.25. The lowest BCUT2D eigenvalue weighted by molar-refractivity contribution is 0.0952. The maximum atomic E-state index is 12.7. The van der Waals surface area contributed by atoms with Crippen LogP contribution in [0.5, 0.6) is 0 Å². The third-order valence-corrected chi connectivity index (χ3v) is 4.25. The zero-order valence-electron chi connectivity index (χ0n) is 14.3. The molecule has 1 aromatic heterocycles. The van der Waals surface area contributed by atoms with Crippen LogP contribution in [0.15, 0.2) is 36.9 Å². The quantitative estimate of drug-likeness (QED) is 0.823. The normalized spacial score (nSPS) is 13.0. The van der Waals surface area contributed by atoms with E-state index >= 15 is 0 Å². The minimum absolute atomic E-state index is 0.264. The molecule has 1 aliphatic heterocycles. The number of anilines is 1. The molecule has 0 saturated heterocycles. The van der Waals surface area contributed by atoms with Crippen LogP contribution in [-0.4, -0.2) is 27.9 Å². The summed E-state index contributed by atoms with van der Waals surface area (Å²) in [4.78, 5) is 29.4. The van der Waals surface area contributed by atoms with Crippen molar-refractivity contribution in [2.45, 2.75) is 32.7 Å². The van der Waals surface area contributed by atoms with E-state index in [2.05, 4.69) is 22.2 Å². The van der Waals surface area contributed by atoms with Crippen molar-refractivity contribution >= 4 is 17.5 Å². The van der Waals surface area contributed by atoms with Crippen molar-refractivity contribution in [2.75, 3.05) is 11.9 Å². The Morgan fingerprint density at radius 2 is 2.00 bits per heavy atom. The zero-order chi connectivity index (χ0) is 17.8. The number of fused-ring (bicyclic) bond motifs is 1. The fraction of sp³-hybridized carbons (Fsp3) is 0.316. The second-order valence-electron chi connectivity index (χ2n) is 6.16. The van der Waals surface area contributed by atoms with Gasteiger partial charge in [0, 0.05) is 18.8 Å². The van der Waals surface area contributed by atoms with E-state index in [1.807, 2.05) is 35.8 Å². The number of benzene rings is 1. The summed E-state index contributed by atoms with van der Waals surface area (Å²) in [5.41, 5.74) is 3.01. The van der Waals surface area contributed by atoms with Crippen LogP contribution in [0.3, 0.4) is 0 Å². The summed E-state index contributed by atoms with van der Waals surface area (Å²) in [7, 11) is 0. The Labute approximate surface area is 147 Å². The average molecular weight is 338 g/mol. The highest BCUT2D eigenvalue weighted by Gasteiger charge is 2.27. The Kier molecular flexibility index (Phi) is 4.97. The molecule has 3 rings (SSSR count). The summed E-state index contributed by atoms with van der Waals surface area (Å²) < 4.78 is 1.87. The van der Waals surface area contributed by atoms with Crippen molar-refractivity contribution in [1.82, 2.24) is 14.9 Å². The van der Waals surface area contributed by atoms with Crippen molar-refractivity contribution in [3.8, 4) is 0 Å². The fourth-order valence-electron chi connectivity index (χ4n) is 2.97. The number of hydrogen-bond donors (Lipinski definition) is 2. The Hall–Kier alpha value is -2.89. The number of aryl methyl sites for hydroxylation is 1. The molecule has 0 bridgehead atoms. The van der Waals surface area contributed by atoms with E-state index in [-0.39, 0.29) is 11.8 Å². The molecular formula is C19H22N4O2. The summed E-state index contributed by atoms with van der Waals surface area (Å²) in [6.45, 7) is 6.66. The predicted octanol–water partition coefficient (Wildman–Crippen LogP) is 2.70. The lowest BCUT2D eigenvalue weighted by Gasteiger charge is -2.17. The van der Waals surface area contributed by atoms with Gasteiger partial charge < -0.3 is 15.2 Å². The Bertz CT molecular complexity index is 806. The second kappa shape index (κ2) is 7.34. The molecule has 0 saturated carbocycles. The first-order chi connectivity index (χ1) is 12.1. The van der Waals surface area contributed by atoms with Crippen molar-refractivity contribution < 1.29 is 9.59 Å². The molecule has 2 amide bonds. The van der Waals surface area contributed by atoms with Crippen LogP contribution in [0.1, 0.15) is 45.2 Å². The van der Waals surface area contributed by atoms with Crippen molar-refractivity contribution in [3.63, 3.8) is 0 Å². The molecule has 0 spiro atoms. The SMILES string of the molecule is C=CCNC(=O)c1nc(C(=O)Nc2ccc(C)cc2)n2c1CCCC2. The first-order valence-corrected chi connectivity index (χ1v) is 8.46. The van der Waals surface area contributed by atoms with Gasteiger partial charge in [-0.25, -0.2) is 4.98 Å². The molecule has 130 valence electrons. The first kappa shape index (κ1) is 17.0. The topological polar surface area (TPSA) is 76.0 Å². The summed E-state index contributed by atoms with van der Waals surface area (Å²) in [5, 5.41) is 5.60. The highest BCUT2D eigenvalue weighted by Crippen LogP contribution is 2.22. The molecule has 6 heteroatoms. The maximum absolute atomic E-state index is 12.7. The molecule has 0 fully saturated rings. The smallest absolute Gasteiger partial charge is 0.291 e. The number of hydrogen-bond acceptors (Lipinski definition) is 3. The fourth-order valence-corrected chi connectivity index (χ4v) is 2.97. The molecule has 1 aromatic carbocycles. The van der Waals surface area contributed by atoms with Gasteiger partial charge in [0.25, 0.3) is 11.8 Å². The van der Waals surface area contributed by atoms with Gasteiger partial charge in [-0.15, -0.1) is 6.58 Å². The highest BCUT2D eigenvalue weighted by atomic mass is 16.2. The average Bonchev–Trinajstić information content (AvgIpc) is 3.01. The predicted molar refractivity (Wildman–Crippen MR) is 96.8 cm³/mol. The molecule has 6 nitrogen and oxygen atoms in total. The molecule has 2 heterocycles. The molecule has 0 unspecified atom stereocenters. The van der Waals surface area contributed by atoms with E-state index in [4.69, 9.17) is 0 Å². The van der Waals surface area contributed by atoms with Gasteiger partial charge in [0.05, 0.1) is 5.69 Å². The van der Waals surface area contributed by atoms with Gasteiger partial charge in [0.1, 0.15) is 5.69 Å². The number of aromatic nitrogens is 2. The number of imidazole rings is 1. The lowest BCUT2D eigenvalue weighted by Crippen LogP contribution is -2.25. The molecule has 25 heavy (non-hydrogen) atoms. The van der Waals surface area contributed by atoms with Gasteiger partial charge in [-0.1, -0.05) is 23.8 Å². The molecule has 2 aromatic rings. The van der Waals surface area contributed by atoms with Gasteiger partial charge in [-0.3, -0.25) is 9.59 Å². The summed E-state index contributed by atoms with van der Waals surface area (Å²) in [5.74, 6) is -0.270. The maximum Gasteiger partial charge on any atom is 0.291 e. The van der Waals surface area contributed by atoms with Gasteiger partial charge in [-0.2, -0.15) is 0 Å². The Morgan fingerprint density at radius 1 is 1.24 bits per heavy atom. The molecule has 0 aliphatic carbocycles. The van der Waals surface area contributed by atoms with E-state index in [0.717, 1.165) is 30.5 Å². The van der Waals surface area contributed by atoms with E-state index in [9.17, 15) is 9.59 Å². The second-order valence-corrected chi connectivity index (χ2v) is 6.16. The van der Waals surface area contributed by atoms with Crippen LogP contribution in [0.2, 0.25) is 0 Å². The number of rotatable bonds is 5. The van der Waals surface area contributed by atoms with E-state index < -0.39 is 0 Å². The summed E-state index contributed by atoms with van der Waals surface area (Å²) >= 11 is 0. The van der Waals surface area contributed by atoms with E-state index in [1.54, 1.807) is 6.08 Å². The first-order valence-electron chi connectivity index (χ1n) is 8.46. The standard InChI is InChI=1S/C19H22N4O2/c1-3-11-20-18(24)16-15-6-4-5-12-23(15)17(22-16)19(25)21-14-9-7-13(2)8-10-14/h3,7-10H,1,4-6,11-12H2,2H3,(H,20,24)(H,21,25). The molecular weight excluding hydrogens is 316 g/mol. The minimum Gasteiger partial charge on any atom is -0.347 e. The minimum atomic E-state index is -0.297. The molecule has 2 N–H and O–H groups in total. The lowest BCUT2D eigenvalue weighted by atomic mass is 10.1. The van der Waals surface area contributed by atoms with Crippen molar-refractivity contribution in [1.29, 1.82) is 0 Å². The van der Waals surface area contributed by atoms with Crippen LogP contribution < -0.4 is 10.6 Å². The number of amides is 2. The van der Waals surface area contributed by atoms with E-state index in [0.29, 0.717) is 30.3 Å². The highest BCUT2D eigenvalue weighted by molar-refractivity contribution is 6.03. The Morgan fingerprint density at radius 3 is 2.72 bits per heavy atom. The van der Waals surface area contributed by atoms with Crippen LogP contribution in [0.25, 0.3) is 0 Å². The molecule has 0 atom stereocenters. The number of carbonyl (C=O) groups is 2. The van der Waals surface area contributed by atoms with Gasteiger partial charge >= 0.3 is 0 Å². The molecule has 0 radical (unpaired) electrons. The van der Waals surface area contributed by atoms with Crippen LogP contribution in [-0.2, 0) is 13.0 Å². The van der Waals surface area contributed by atoms with E-state index in [1.165, 1.54) is 0 Å². The monoisotopic (exact) mass is 338 g/mol. The third kappa shape index (κ3) is 3.63. The zero-order valence-corrected chi connectivity index (χ0v) is 14.3.